The molecule has 1 unspecified atom stereocenters. The molecule has 0 heterocycles. The van der Waals surface area contributed by atoms with Crippen LogP contribution in [0.5, 0.6) is 0 Å². The van der Waals surface area contributed by atoms with E-state index < -0.39 is 8.24 Å². The first-order valence-electron chi connectivity index (χ1n) is 4.01. The van der Waals surface area contributed by atoms with Gasteiger partial charge in [0.05, 0.1) is 0 Å². The molecule has 0 amide bonds. The van der Waals surface area contributed by atoms with Crippen molar-refractivity contribution in [3.05, 3.63) is 12.3 Å². The Labute approximate surface area is 71.2 Å². The third-order valence-corrected chi connectivity index (χ3v) is 5.44. The lowest BCUT2D eigenvalue weighted by molar-refractivity contribution is 0.478. The third kappa shape index (κ3) is 2.21. The summed E-state index contributed by atoms with van der Waals surface area (Å²) in [6.07, 6.45) is 5.47. The summed E-state index contributed by atoms with van der Waals surface area (Å²) in [5.41, 5.74) is 4.84. The molecule has 0 saturated carbocycles. The van der Waals surface area contributed by atoms with Crippen LogP contribution in [0.25, 0.3) is 0 Å². The van der Waals surface area contributed by atoms with E-state index in [1.165, 1.54) is 0 Å². The van der Waals surface area contributed by atoms with Crippen LogP contribution in [-0.2, 0) is 0 Å². The molecule has 0 fully saturated rings. The minimum Gasteiger partial charge on any atom is -0.312 e. The quantitative estimate of drug-likeness (QED) is 0.456. The molecule has 0 N–H and O–H groups in total. The van der Waals surface area contributed by atoms with Gasteiger partial charge >= 0.3 is 0 Å². The second kappa shape index (κ2) is 4.37. The monoisotopic (exact) mass is 167 g/mol. The summed E-state index contributed by atoms with van der Waals surface area (Å²) in [5.74, 6) is 0. The minimum absolute atomic E-state index is 1.02. The van der Waals surface area contributed by atoms with Gasteiger partial charge in [-0.05, 0) is 19.6 Å². The fourth-order valence-corrected chi connectivity index (χ4v) is 3.03. The topological polar surface area (TPSA) is 3.24 Å². The van der Waals surface area contributed by atoms with Crippen LogP contribution in [-0.4, -0.2) is 25.9 Å². The van der Waals surface area contributed by atoms with Crippen LogP contribution in [0.3, 0.4) is 0 Å². The van der Waals surface area contributed by atoms with Gasteiger partial charge in [0.15, 0.2) is 0 Å². The van der Waals surface area contributed by atoms with E-state index >= 15 is 0 Å². The van der Waals surface area contributed by atoms with E-state index in [0.29, 0.717) is 0 Å². The van der Waals surface area contributed by atoms with E-state index in [9.17, 15) is 0 Å². The van der Waals surface area contributed by atoms with E-state index in [4.69, 9.17) is 6.42 Å². The molecule has 0 aromatic carbocycles. The molecule has 1 atom stereocenters. The van der Waals surface area contributed by atoms with Gasteiger partial charge in [-0.1, -0.05) is 19.5 Å². The summed E-state index contributed by atoms with van der Waals surface area (Å²) in [7, 11) is -1.70. The van der Waals surface area contributed by atoms with Crippen LogP contribution < -0.4 is 0 Å². The van der Waals surface area contributed by atoms with E-state index in [-0.39, 0.29) is 0 Å². The maximum absolute atomic E-state index is 5.47. The molecule has 0 aliphatic carbocycles. The van der Waals surface area contributed by atoms with E-state index in [2.05, 4.69) is 37.1 Å². The van der Waals surface area contributed by atoms with E-state index in [1.54, 1.807) is 0 Å². The first kappa shape index (κ1) is 10.5. The molecular weight excluding hydrogens is 150 g/mol. The zero-order valence-electron chi connectivity index (χ0n) is 7.72. The average Bonchev–Trinajstić information content (AvgIpc) is 2.06. The molecule has 62 valence electrons. The number of nitrogens with zero attached hydrogens (tertiary/aromatic N) is 1. The largest absolute Gasteiger partial charge is 0.312 e. The predicted octanol–water partition coefficient (Wildman–Crippen LogP) is 1.80. The summed E-state index contributed by atoms with van der Waals surface area (Å²) < 4.78 is 2.33. The first-order chi connectivity index (χ1) is 5.14. The first-order valence-corrected chi connectivity index (χ1v) is 6.53. The molecule has 0 rings (SSSR count). The molecule has 0 bridgehead atoms. The number of hydrogen-bond acceptors (Lipinski definition) is 1. The fraction of sp³-hybridized carbons (Fsp3) is 0.556. The Balaban J connectivity index is 4.48. The molecule has 0 aliphatic heterocycles. The van der Waals surface area contributed by atoms with Crippen molar-refractivity contribution in [3.8, 4) is 12.0 Å². The second-order valence-electron chi connectivity index (χ2n) is 2.67. The lowest BCUT2D eigenvalue weighted by Crippen LogP contribution is -2.48. The van der Waals surface area contributed by atoms with Gasteiger partial charge in [0.2, 0.25) is 8.24 Å². The molecule has 0 aromatic heterocycles. The summed E-state index contributed by atoms with van der Waals surface area (Å²) in [6.45, 7) is 12.3. The maximum Gasteiger partial charge on any atom is 0.231 e. The SMILES string of the molecule is C#C[Si](C)(C=C)N(CC)CC. The standard InChI is InChI=1S/C9H17NSi/c1-6-10(7-2)11(5,8-3)9-4/h3,9H,4,6-7H2,1-2,5H3. The van der Waals surface area contributed by atoms with Crippen LogP contribution in [0.4, 0.5) is 0 Å². The van der Waals surface area contributed by atoms with Gasteiger partial charge in [-0.15, -0.1) is 18.5 Å². The highest BCUT2D eigenvalue weighted by Gasteiger charge is 2.26. The second-order valence-corrected chi connectivity index (χ2v) is 6.29. The van der Waals surface area contributed by atoms with Crippen molar-refractivity contribution < 1.29 is 0 Å². The van der Waals surface area contributed by atoms with Crippen molar-refractivity contribution in [3.63, 3.8) is 0 Å². The van der Waals surface area contributed by atoms with E-state index in [0.717, 1.165) is 13.1 Å². The van der Waals surface area contributed by atoms with Gasteiger partial charge in [-0.3, -0.25) is 0 Å². The Kier molecular flexibility index (Phi) is 4.17. The van der Waals surface area contributed by atoms with Gasteiger partial charge < -0.3 is 4.57 Å². The molecule has 0 radical (unpaired) electrons. The van der Waals surface area contributed by atoms with Gasteiger partial charge in [-0.25, -0.2) is 0 Å². The molecule has 0 saturated heterocycles. The van der Waals surface area contributed by atoms with Gasteiger partial charge in [0.25, 0.3) is 0 Å². The maximum atomic E-state index is 5.47. The van der Waals surface area contributed by atoms with Crippen molar-refractivity contribution in [2.75, 3.05) is 13.1 Å². The van der Waals surface area contributed by atoms with Crippen molar-refractivity contribution in [1.29, 1.82) is 0 Å². The highest BCUT2D eigenvalue weighted by Crippen LogP contribution is 2.08. The highest BCUT2D eigenvalue weighted by atomic mass is 28.3. The van der Waals surface area contributed by atoms with Crippen molar-refractivity contribution in [1.82, 2.24) is 4.57 Å². The molecular formula is C9H17NSi. The zero-order valence-corrected chi connectivity index (χ0v) is 8.72. The highest BCUT2D eigenvalue weighted by molar-refractivity contribution is 6.88. The van der Waals surface area contributed by atoms with Crippen LogP contribution in [0.2, 0.25) is 6.55 Å². The Morgan fingerprint density at radius 2 is 2.00 bits per heavy atom. The average molecular weight is 167 g/mol. The predicted molar refractivity (Wildman–Crippen MR) is 53.6 cm³/mol. The van der Waals surface area contributed by atoms with Crippen LogP contribution in [0.1, 0.15) is 13.8 Å². The number of hydrogen-bond donors (Lipinski definition) is 0. The van der Waals surface area contributed by atoms with Crippen molar-refractivity contribution >= 4 is 8.24 Å². The summed E-state index contributed by atoms with van der Waals surface area (Å²) in [6, 6.07) is 0. The Hall–Kier alpha value is -0.523. The Morgan fingerprint density at radius 3 is 2.09 bits per heavy atom. The summed E-state index contributed by atoms with van der Waals surface area (Å²) >= 11 is 0. The smallest absolute Gasteiger partial charge is 0.231 e. The Morgan fingerprint density at radius 1 is 1.55 bits per heavy atom. The van der Waals surface area contributed by atoms with Gasteiger partial charge in [0, 0.05) is 0 Å². The van der Waals surface area contributed by atoms with Crippen molar-refractivity contribution in [2.45, 2.75) is 20.4 Å². The summed E-state index contributed by atoms with van der Waals surface area (Å²) in [4.78, 5) is 0. The van der Waals surface area contributed by atoms with Crippen molar-refractivity contribution in [2.24, 2.45) is 0 Å². The molecule has 2 heteroatoms. The lowest BCUT2D eigenvalue weighted by Gasteiger charge is -2.30. The fourth-order valence-electron chi connectivity index (χ4n) is 1.16. The molecule has 0 aromatic rings. The normalized spacial score (nSPS) is 15.5. The molecule has 11 heavy (non-hydrogen) atoms. The molecule has 0 aliphatic rings. The van der Waals surface area contributed by atoms with E-state index in [1.807, 2.05) is 5.70 Å². The van der Waals surface area contributed by atoms with Crippen LogP contribution >= 0.6 is 0 Å². The lowest BCUT2D eigenvalue weighted by atomic mass is 10.7. The molecule has 0 spiro atoms. The molecule has 1 nitrogen and oxygen atoms in total. The number of terminal acetylenes is 1. The minimum atomic E-state index is -1.70. The van der Waals surface area contributed by atoms with Crippen LogP contribution in [0, 0.1) is 12.0 Å². The van der Waals surface area contributed by atoms with Crippen LogP contribution in [0.15, 0.2) is 12.3 Å². The Bertz CT molecular complexity index is 167. The zero-order chi connectivity index (χ0) is 8.91. The third-order valence-electron chi connectivity index (χ3n) is 2.11. The number of rotatable bonds is 4. The summed E-state index contributed by atoms with van der Waals surface area (Å²) in [5, 5.41) is 0. The van der Waals surface area contributed by atoms with Gasteiger partial charge in [0.1, 0.15) is 0 Å². The van der Waals surface area contributed by atoms with Gasteiger partial charge in [-0.2, -0.15) is 0 Å².